The number of hydrogen-bond acceptors (Lipinski definition) is 2. The second-order valence-corrected chi connectivity index (χ2v) is 4.80. The standard InChI is InChI=1S/C16H26FNO/c1-4-10-18-15(16(5-2)19-6-3)12-13-8-7-9-14(17)11-13/h7-9,11,15-16,18H,4-6,10,12H2,1-3H3. The summed E-state index contributed by atoms with van der Waals surface area (Å²) in [4.78, 5) is 0. The smallest absolute Gasteiger partial charge is 0.123 e. The van der Waals surface area contributed by atoms with Crippen molar-refractivity contribution in [2.24, 2.45) is 0 Å². The van der Waals surface area contributed by atoms with Crippen LogP contribution in [0.25, 0.3) is 0 Å². The van der Waals surface area contributed by atoms with Gasteiger partial charge < -0.3 is 10.1 Å². The van der Waals surface area contributed by atoms with Crippen molar-refractivity contribution in [2.75, 3.05) is 13.2 Å². The van der Waals surface area contributed by atoms with E-state index in [1.807, 2.05) is 13.0 Å². The summed E-state index contributed by atoms with van der Waals surface area (Å²) < 4.78 is 19.0. The molecule has 0 bridgehead atoms. The molecule has 2 nitrogen and oxygen atoms in total. The number of benzene rings is 1. The van der Waals surface area contributed by atoms with Gasteiger partial charge in [0.05, 0.1) is 6.10 Å². The van der Waals surface area contributed by atoms with Gasteiger partial charge in [0.1, 0.15) is 5.82 Å². The van der Waals surface area contributed by atoms with E-state index in [4.69, 9.17) is 4.74 Å². The van der Waals surface area contributed by atoms with E-state index in [1.54, 1.807) is 12.1 Å². The Morgan fingerprint density at radius 2 is 2.05 bits per heavy atom. The maximum absolute atomic E-state index is 13.2. The molecule has 0 amide bonds. The highest BCUT2D eigenvalue weighted by molar-refractivity contribution is 5.17. The zero-order chi connectivity index (χ0) is 14.1. The minimum Gasteiger partial charge on any atom is -0.377 e. The van der Waals surface area contributed by atoms with E-state index in [0.29, 0.717) is 6.61 Å². The van der Waals surface area contributed by atoms with Crippen LogP contribution in [0, 0.1) is 5.82 Å². The fourth-order valence-corrected chi connectivity index (χ4v) is 2.32. The van der Waals surface area contributed by atoms with Gasteiger partial charge in [-0.25, -0.2) is 4.39 Å². The van der Waals surface area contributed by atoms with E-state index in [2.05, 4.69) is 19.2 Å². The minimum atomic E-state index is -0.170. The highest BCUT2D eigenvalue weighted by Gasteiger charge is 2.20. The molecule has 1 rings (SSSR count). The van der Waals surface area contributed by atoms with E-state index in [9.17, 15) is 4.39 Å². The van der Waals surface area contributed by atoms with Crippen LogP contribution in [0.4, 0.5) is 4.39 Å². The van der Waals surface area contributed by atoms with Gasteiger partial charge in [0.2, 0.25) is 0 Å². The molecule has 0 aromatic heterocycles. The molecule has 0 fully saturated rings. The van der Waals surface area contributed by atoms with E-state index >= 15 is 0 Å². The molecule has 0 aliphatic heterocycles. The molecule has 0 spiro atoms. The summed E-state index contributed by atoms with van der Waals surface area (Å²) >= 11 is 0. The van der Waals surface area contributed by atoms with E-state index in [0.717, 1.165) is 31.4 Å². The van der Waals surface area contributed by atoms with E-state index < -0.39 is 0 Å². The van der Waals surface area contributed by atoms with E-state index in [-0.39, 0.29) is 18.0 Å². The highest BCUT2D eigenvalue weighted by Crippen LogP contribution is 2.13. The Bertz CT molecular complexity index is 356. The molecule has 0 saturated carbocycles. The van der Waals surface area contributed by atoms with Crippen LogP contribution in [0.2, 0.25) is 0 Å². The normalized spacial score (nSPS) is 14.3. The maximum atomic E-state index is 13.2. The molecule has 1 N–H and O–H groups in total. The first kappa shape index (κ1) is 16.1. The van der Waals surface area contributed by atoms with Gasteiger partial charge in [-0.2, -0.15) is 0 Å². The largest absolute Gasteiger partial charge is 0.377 e. The van der Waals surface area contributed by atoms with Crippen molar-refractivity contribution in [2.45, 2.75) is 52.2 Å². The first-order chi connectivity index (χ1) is 9.21. The molecule has 0 aliphatic rings. The number of ether oxygens (including phenoxy) is 1. The Kier molecular flexibility index (Phi) is 7.68. The third-order valence-electron chi connectivity index (χ3n) is 3.23. The maximum Gasteiger partial charge on any atom is 0.123 e. The molecule has 0 radical (unpaired) electrons. The lowest BCUT2D eigenvalue weighted by Gasteiger charge is -2.27. The minimum absolute atomic E-state index is 0.170. The van der Waals surface area contributed by atoms with Crippen LogP contribution < -0.4 is 5.32 Å². The van der Waals surface area contributed by atoms with Crippen LogP contribution in [0.1, 0.15) is 39.2 Å². The van der Waals surface area contributed by atoms with E-state index in [1.165, 1.54) is 6.07 Å². The van der Waals surface area contributed by atoms with Crippen LogP contribution in [-0.4, -0.2) is 25.3 Å². The van der Waals surface area contributed by atoms with Crippen molar-refractivity contribution in [1.82, 2.24) is 5.32 Å². The molecule has 1 aromatic carbocycles. The Morgan fingerprint density at radius 1 is 1.26 bits per heavy atom. The van der Waals surface area contributed by atoms with Gasteiger partial charge in [0, 0.05) is 12.6 Å². The predicted molar refractivity (Wildman–Crippen MR) is 77.9 cm³/mol. The van der Waals surface area contributed by atoms with Crippen LogP contribution in [-0.2, 0) is 11.2 Å². The lowest BCUT2D eigenvalue weighted by molar-refractivity contribution is 0.0319. The summed E-state index contributed by atoms with van der Waals surface area (Å²) in [7, 11) is 0. The molecule has 2 unspecified atom stereocenters. The Balaban J connectivity index is 2.72. The van der Waals surface area contributed by atoms with Crippen LogP contribution >= 0.6 is 0 Å². The van der Waals surface area contributed by atoms with Gasteiger partial charge in [0.25, 0.3) is 0 Å². The number of rotatable bonds is 9. The van der Waals surface area contributed by atoms with Crippen LogP contribution in [0.3, 0.4) is 0 Å². The molecular weight excluding hydrogens is 241 g/mol. The number of hydrogen-bond donors (Lipinski definition) is 1. The highest BCUT2D eigenvalue weighted by atomic mass is 19.1. The topological polar surface area (TPSA) is 21.3 Å². The summed E-state index contributed by atoms with van der Waals surface area (Å²) in [5.74, 6) is -0.170. The molecular formula is C16H26FNO. The lowest BCUT2D eigenvalue weighted by Crippen LogP contribution is -2.43. The summed E-state index contributed by atoms with van der Waals surface area (Å²) in [5, 5.41) is 3.53. The van der Waals surface area contributed by atoms with Crippen molar-refractivity contribution in [3.63, 3.8) is 0 Å². The summed E-state index contributed by atoms with van der Waals surface area (Å²) in [6, 6.07) is 7.08. The molecule has 1 aromatic rings. The SMILES string of the molecule is CCCNC(Cc1cccc(F)c1)C(CC)OCC. The van der Waals surface area contributed by atoms with Crippen molar-refractivity contribution < 1.29 is 9.13 Å². The first-order valence-corrected chi connectivity index (χ1v) is 7.30. The Hall–Kier alpha value is -0.930. The fraction of sp³-hybridized carbons (Fsp3) is 0.625. The molecule has 19 heavy (non-hydrogen) atoms. The quantitative estimate of drug-likeness (QED) is 0.739. The van der Waals surface area contributed by atoms with Crippen molar-refractivity contribution in [1.29, 1.82) is 0 Å². The average molecular weight is 267 g/mol. The zero-order valence-electron chi connectivity index (χ0n) is 12.3. The van der Waals surface area contributed by atoms with Gasteiger partial charge in [-0.15, -0.1) is 0 Å². The molecule has 0 saturated heterocycles. The Labute approximate surface area is 116 Å². The molecule has 0 aliphatic carbocycles. The second-order valence-electron chi connectivity index (χ2n) is 4.80. The average Bonchev–Trinajstić information content (AvgIpc) is 2.41. The van der Waals surface area contributed by atoms with Crippen LogP contribution in [0.15, 0.2) is 24.3 Å². The van der Waals surface area contributed by atoms with Crippen molar-refractivity contribution >= 4 is 0 Å². The van der Waals surface area contributed by atoms with Gasteiger partial charge in [-0.05, 0) is 50.4 Å². The zero-order valence-corrected chi connectivity index (χ0v) is 12.3. The number of halogens is 1. The molecule has 108 valence electrons. The van der Waals surface area contributed by atoms with Crippen LogP contribution in [0.5, 0.6) is 0 Å². The molecule has 0 heterocycles. The predicted octanol–water partition coefficient (Wildman–Crippen LogP) is 3.55. The molecule has 3 heteroatoms. The lowest BCUT2D eigenvalue weighted by atomic mass is 9.99. The monoisotopic (exact) mass is 267 g/mol. The van der Waals surface area contributed by atoms with Gasteiger partial charge >= 0.3 is 0 Å². The first-order valence-electron chi connectivity index (χ1n) is 7.30. The fourth-order valence-electron chi connectivity index (χ4n) is 2.32. The molecule has 2 atom stereocenters. The van der Waals surface area contributed by atoms with Gasteiger partial charge in [0.15, 0.2) is 0 Å². The number of nitrogens with one attached hydrogen (secondary N) is 1. The third-order valence-corrected chi connectivity index (χ3v) is 3.23. The van der Waals surface area contributed by atoms with Crippen molar-refractivity contribution in [3.8, 4) is 0 Å². The summed E-state index contributed by atoms with van der Waals surface area (Å²) in [5.41, 5.74) is 1.02. The second kappa shape index (κ2) is 9.05. The summed E-state index contributed by atoms with van der Waals surface area (Å²) in [6.07, 6.45) is 3.03. The third kappa shape index (κ3) is 5.70. The van der Waals surface area contributed by atoms with Gasteiger partial charge in [-0.1, -0.05) is 26.0 Å². The Morgan fingerprint density at radius 3 is 2.63 bits per heavy atom. The van der Waals surface area contributed by atoms with Crippen molar-refractivity contribution in [3.05, 3.63) is 35.6 Å². The van der Waals surface area contributed by atoms with Gasteiger partial charge in [-0.3, -0.25) is 0 Å². The summed E-state index contributed by atoms with van der Waals surface area (Å²) in [6.45, 7) is 7.97.